The Balaban J connectivity index is 1.48. The highest BCUT2D eigenvalue weighted by atomic mass is 32.2. The van der Waals surface area contributed by atoms with Crippen LogP contribution in [0.3, 0.4) is 0 Å². The number of benzene rings is 2. The predicted octanol–water partition coefficient (Wildman–Crippen LogP) is 5.62. The molecule has 1 saturated heterocycles. The molecule has 33 heavy (non-hydrogen) atoms. The maximum atomic E-state index is 13.0. The largest absolute Gasteiger partial charge is 0.469 e. The summed E-state index contributed by atoms with van der Waals surface area (Å²) in [5.74, 6) is -0.243. The number of aromatic nitrogens is 1. The van der Waals surface area contributed by atoms with Crippen molar-refractivity contribution in [2.45, 2.75) is 32.2 Å². The minimum atomic E-state index is -0.199. The maximum Gasteiger partial charge on any atom is 0.305 e. The Morgan fingerprint density at radius 1 is 1.06 bits per heavy atom. The molecule has 1 aliphatic heterocycles. The summed E-state index contributed by atoms with van der Waals surface area (Å²) >= 11 is 6.84. The number of thioether (sulfide) groups is 1. The summed E-state index contributed by atoms with van der Waals surface area (Å²) in [4.78, 5) is 26.6. The SMILES string of the molecule is COC(=O)CCCCCN1C(=O)/C(=C/c2cn(Cc3ccccc3)c3ccccc23)SC1=S. The Kier molecular flexibility index (Phi) is 7.62. The van der Waals surface area contributed by atoms with Gasteiger partial charge in [-0.1, -0.05) is 78.9 Å². The lowest BCUT2D eigenvalue weighted by Gasteiger charge is -2.13. The number of carbonyl (C=O) groups excluding carboxylic acids is 2. The first-order valence-corrected chi connectivity index (χ1v) is 12.2. The molecule has 0 aliphatic carbocycles. The van der Waals surface area contributed by atoms with Crippen LogP contribution >= 0.6 is 24.0 Å². The van der Waals surface area contributed by atoms with Crippen molar-refractivity contribution in [3.05, 3.63) is 76.8 Å². The summed E-state index contributed by atoms with van der Waals surface area (Å²) in [7, 11) is 1.40. The number of thiocarbonyl (C=S) groups is 1. The van der Waals surface area contributed by atoms with E-state index >= 15 is 0 Å². The summed E-state index contributed by atoms with van der Waals surface area (Å²) in [6, 6.07) is 18.6. The third-order valence-electron chi connectivity index (χ3n) is 5.67. The van der Waals surface area contributed by atoms with Gasteiger partial charge in [-0.2, -0.15) is 0 Å². The topological polar surface area (TPSA) is 51.5 Å². The number of esters is 1. The van der Waals surface area contributed by atoms with Gasteiger partial charge in [0.2, 0.25) is 0 Å². The van der Waals surface area contributed by atoms with E-state index in [4.69, 9.17) is 12.2 Å². The van der Waals surface area contributed by atoms with Gasteiger partial charge < -0.3 is 9.30 Å². The van der Waals surface area contributed by atoms with Crippen molar-refractivity contribution >= 4 is 57.2 Å². The normalized spacial score (nSPS) is 15.1. The summed E-state index contributed by atoms with van der Waals surface area (Å²) in [6.07, 6.45) is 6.86. The van der Waals surface area contributed by atoms with Gasteiger partial charge in [-0.3, -0.25) is 14.5 Å². The predicted molar refractivity (Wildman–Crippen MR) is 138 cm³/mol. The number of hydrogen-bond acceptors (Lipinski definition) is 5. The molecule has 0 bridgehead atoms. The second-order valence-electron chi connectivity index (χ2n) is 7.94. The number of rotatable bonds is 9. The fourth-order valence-corrected chi connectivity index (χ4v) is 5.25. The van der Waals surface area contributed by atoms with E-state index in [1.165, 1.54) is 24.4 Å². The quantitative estimate of drug-likeness (QED) is 0.173. The van der Waals surface area contributed by atoms with Crippen LogP contribution in [0.2, 0.25) is 0 Å². The van der Waals surface area contributed by atoms with Crippen molar-refractivity contribution in [1.29, 1.82) is 0 Å². The molecule has 2 heterocycles. The third kappa shape index (κ3) is 5.54. The standard InChI is InChI=1S/C26H26N2O3S2/c1-31-24(29)14-6-3-9-15-28-25(30)23(33-26(28)32)16-20-18-27(17-19-10-4-2-5-11-19)22-13-8-7-12-21(20)22/h2,4-5,7-8,10-13,16,18H,3,6,9,14-15,17H2,1H3/b23-16-. The molecular weight excluding hydrogens is 452 g/mol. The molecule has 1 amide bonds. The first-order chi connectivity index (χ1) is 16.1. The van der Waals surface area contributed by atoms with Gasteiger partial charge in [0.15, 0.2) is 0 Å². The summed E-state index contributed by atoms with van der Waals surface area (Å²) in [5.41, 5.74) is 3.37. The molecule has 2 aromatic carbocycles. The minimum Gasteiger partial charge on any atom is -0.469 e. The average molecular weight is 479 g/mol. The van der Waals surface area contributed by atoms with Gasteiger partial charge in [-0.05, 0) is 30.5 Å². The lowest BCUT2D eigenvalue weighted by atomic mass is 10.1. The zero-order valence-electron chi connectivity index (χ0n) is 18.5. The lowest BCUT2D eigenvalue weighted by Crippen LogP contribution is -2.29. The van der Waals surface area contributed by atoms with Gasteiger partial charge in [0, 0.05) is 42.2 Å². The van der Waals surface area contributed by atoms with Crippen molar-refractivity contribution in [2.75, 3.05) is 13.7 Å². The number of hydrogen-bond donors (Lipinski definition) is 0. The third-order valence-corrected chi connectivity index (χ3v) is 7.04. The van der Waals surface area contributed by atoms with Gasteiger partial charge in [-0.15, -0.1) is 0 Å². The summed E-state index contributed by atoms with van der Waals surface area (Å²) < 4.78 is 7.47. The minimum absolute atomic E-state index is 0.0436. The van der Waals surface area contributed by atoms with Crippen LogP contribution in [0, 0.1) is 0 Å². The zero-order valence-corrected chi connectivity index (χ0v) is 20.2. The van der Waals surface area contributed by atoms with Crippen LogP contribution in [0.15, 0.2) is 65.7 Å². The van der Waals surface area contributed by atoms with Crippen molar-refractivity contribution in [3.8, 4) is 0 Å². The smallest absolute Gasteiger partial charge is 0.305 e. The number of para-hydroxylation sites is 1. The number of amides is 1. The molecule has 4 rings (SSSR count). The highest BCUT2D eigenvalue weighted by molar-refractivity contribution is 8.26. The molecule has 5 nitrogen and oxygen atoms in total. The van der Waals surface area contributed by atoms with Gasteiger partial charge in [0.05, 0.1) is 12.0 Å². The Morgan fingerprint density at radius 3 is 2.61 bits per heavy atom. The highest BCUT2D eigenvalue weighted by Crippen LogP contribution is 2.34. The first kappa shape index (κ1) is 23.3. The Morgan fingerprint density at radius 2 is 1.82 bits per heavy atom. The van der Waals surface area contributed by atoms with E-state index in [2.05, 4.69) is 39.8 Å². The van der Waals surface area contributed by atoms with E-state index in [1.54, 1.807) is 4.90 Å². The monoisotopic (exact) mass is 478 g/mol. The fourth-order valence-electron chi connectivity index (χ4n) is 3.95. The number of unbranched alkanes of at least 4 members (excludes halogenated alkanes) is 2. The van der Waals surface area contributed by atoms with Crippen LogP contribution in [0.25, 0.3) is 17.0 Å². The van der Waals surface area contributed by atoms with Crippen molar-refractivity contribution < 1.29 is 14.3 Å². The van der Waals surface area contributed by atoms with Crippen molar-refractivity contribution in [1.82, 2.24) is 9.47 Å². The van der Waals surface area contributed by atoms with Crippen LogP contribution in [0.5, 0.6) is 0 Å². The van der Waals surface area contributed by atoms with E-state index < -0.39 is 0 Å². The van der Waals surface area contributed by atoms with Gasteiger partial charge >= 0.3 is 5.97 Å². The second-order valence-corrected chi connectivity index (χ2v) is 9.61. The molecule has 0 N–H and O–H groups in total. The number of methoxy groups -OCH3 is 1. The molecular formula is C26H26N2O3S2. The zero-order chi connectivity index (χ0) is 23.2. The Bertz CT molecular complexity index is 1200. The van der Waals surface area contributed by atoms with Gasteiger partial charge in [0.1, 0.15) is 4.32 Å². The molecule has 1 aromatic heterocycles. The molecule has 0 radical (unpaired) electrons. The molecule has 170 valence electrons. The molecule has 3 aromatic rings. The van der Waals surface area contributed by atoms with E-state index in [1.807, 2.05) is 36.4 Å². The van der Waals surface area contributed by atoms with Crippen LogP contribution < -0.4 is 0 Å². The van der Waals surface area contributed by atoms with Gasteiger partial charge in [0.25, 0.3) is 5.91 Å². The van der Waals surface area contributed by atoms with Gasteiger partial charge in [-0.25, -0.2) is 0 Å². The number of ether oxygens (including phenoxy) is 1. The molecule has 0 saturated carbocycles. The lowest BCUT2D eigenvalue weighted by molar-refractivity contribution is -0.140. The average Bonchev–Trinajstić information content (AvgIpc) is 3.31. The Labute approximate surface area is 203 Å². The van der Waals surface area contributed by atoms with Crippen molar-refractivity contribution in [3.63, 3.8) is 0 Å². The van der Waals surface area contributed by atoms with Crippen LogP contribution in [-0.2, 0) is 20.9 Å². The van der Waals surface area contributed by atoms with Crippen LogP contribution in [0.1, 0.15) is 36.8 Å². The molecule has 0 spiro atoms. The number of nitrogens with zero attached hydrogens (tertiary/aromatic N) is 2. The Hall–Kier alpha value is -2.90. The summed E-state index contributed by atoms with van der Waals surface area (Å²) in [6.45, 7) is 1.33. The van der Waals surface area contributed by atoms with E-state index in [0.717, 1.165) is 42.3 Å². The summed E-state index contributed by atoms with van der Waals surface area (Å²) in [5, 5.41) is 1.11. The molecule has 0 unspecified atom stereocenters. The van der Waals surface area contributed by atoms with E-state index in [-0.39, 0.29) is 11.9 Å². The number of fused-ring (bicyclic) bond motifs is 1. The van der Waals surface area contributed by atoms with Crippen LogP contribution in [-0.4, -0.2) is 39.3 Å². The number of carbonyl (C=O) groups is 2. The van der Waals surface area contributed by atoms with E-state index in [9.17, 15) is 9.59 Å². The molecule has 1 aliphatic rings. The molecule has 7 heteroatoms. The van der Waals surface area contributed by atoms with Crippen LogP contribution in [0.4, 0.5) is 0 Å². The maximum absolute atomic E-state index is 13.0. The molecule has 0 atom stereocenters. The first-order valence-electron chi connectivity index (χ1n) is 11.0. The van der Waals surface area contributed by atoms with E-state index in [0.29, 0.717) is 22.2 Å². The molecule has 1 fully saturated rings. The highest BCUT2D eigenvalue weighted by Gasteiger charge is 2.31. The van der Waals surface area contributed by atoms with Crippen molar-refractivity contribution in [2.24, 2.45) is 0 Å². The fraction of sp³-hybridized carbons (Fsp3) is 0.269. The second kappa shape index (κ2) is 10.8.